The average molecular weight is 345 g/mol. The fourth-order valence-electron chi connectivity index (χ4n) is 1.43. The third kappa shape index (κ3) is 4.16. The van der Waals surface area contributed by atoms with Gasteiger partial charge in [0.05, 0.1) is 17.1 Å². The molecular formula is C11H15F4N3OS2. The number of rotatable bonds is 7. The summed E-state index contributed by atoms with van der Waals surface area (Å²) in [6.07, 6.45) is -2.11. The maximum Gasteiger partial charge on any atom is 0.324 e. The van der Waals surface area contributed by atoms with Gasteiger partial charge in [0, 0.05) is 6.54 Å². The molecule has 0 aliphatic heterocycles. The second-order valence-corrected chi connectivity index (χ2v) is 5.82. The molecule has 0 unspecified atom stereocenters. The topological polar surface area (TPSA) is 67.2 Å². The van der Waals surface area contributed by atoms with Crippen molar-refractivity contribution in [2.24, 2.45) is 0 Å². The number of thioether (sulfide) groups is 1. The summed E-state index contributed by atoms with van der Waals surface area (Å²) in [5.41, 5.74) is 5.95. The highest BCUT2D eigenvalue weighted by molar-refractivity contribution is 7.99. The van der Waals surface area contributed by atoms with E-state index in [1.165, 1.54) is 0 Å². The minimum Gasteiger partial charge on any atom is -0.396 e. The van der Waals surface area contributed by atoms with Crippen LogP contribution in [0.15, 0.2) is 4.90 Å². The number of nitrogen functional groups attached to an aromatic ring is 1. The van der Waals surface area contributed by atoms with Crippen LogP contribution in [-0.4, -0.2) is 37.6 Å². The van der Waals surface area contributed by atoms with E-state index in [-0.39, 0.29) is 15.6 Å². The molecule has 1 rings (SSSR count). The van der Waals surface area contributed by atoms with Gasteiger partial charge in [-0.25, -0.2) is 8.78 Å². The Morgan fingerprint density at radius 3 is 2.57 bits per heavy atom. The highest BCUT2D eigenvalue weighted by Gasteiger charge is 2.40. The molecule has 21 heavy (non-hydrogen) atoms. The van der Waals surface area contributed by atoms with Gasteiger partial charge in [-0.15, -0.1) is 23.1 Å². The fourth-order valence-corrected chi connectivity index (χ4v) is 3.38. The number of hydrogen-bond donors (Lipinski definition) is 3. The first-order valence-electron chi connectivity index (χ1n) is 5.88. The van der Waals surface area contributed by atoms with Crippen LogP contribution in [0.25, 0.3) is 0 Å². The third-order valence-electron chi connectivity index (χ3n) is 2.45. The molecule has 0 saturated heterocycles. The predicted molar refractivity (Wildman–Crippen MR) is 78.0 cm³/mol. The quantitative estimate of drug-likeness (QED) is 0.525. The molecule has 0 aromatic carbocycles. The minimum absolute atomic E-state index is 0.154. The highest BCUT2D eigenvalue weighted by atomic mass is 32.2. The number of carbonyl (C=O) groups is 1. The summed E-state index contributed by atoms with van der Waals surface area (Å²) in [4.78, 5) is 12.3. The van der Waals surface area contributed by atoms with Gasteiger partial charge in [-0.1, -0.05) is 0 Å². The van der Waals surface area contributed by atoms with E-state index in [2.05, 4.69) is 10.6 Å². The van der Waals surface area contributed by atoms with E-state index in [9.17, 15) is 22.4 Å². The lowest BCUT2D eigenvalue weighted by Gasteiger charge is -2.16. The van der Waals surface area contributed by atoms with Crippen LogP contribution in [0.2, 0.25) is 0 Å². The van der Waals surface area contributed by atoms with Crippen LogP contribution in [0.5, 0.6) is 0 Å². The van der Waals surface area contributed by atoms with Gasteiger partial charge < -0.3 is 16.4 Å². The lowest BCUT2D eigenvalue weighted by Crippen LogP contribution is -2.34. The van der Waals surface area contributed by atoms with Crippen LogP contribution >= 0.6 is 23.1 Å². The number of thiophene rings is 1. The molecule has 10 heteroatoms. The van der Waals surface area contributed by atoms with Crippen LogP contribution in [0, 0.1) is 0 Å². The van der Waals surface area contributed by atoms with Crippen molar-refractivity contribution in [3.8, 4) is 0 Å². The summed E-state index contributed by atoms with van der Waals surface area (Å²) >= 11 is 2.01. The van der Waals surface area contributed by atoms with Crippen molar-refractivity contribution in [3.63, 3.8) is 0 Å². The predicted octanol–water partition coefficient (Wildman–Crippen LogP) is 3.11. The first kappa shape index (κ1) is 17.9. The summed E-state index contributed by atoms with van der Waals surface area (Å²) in [5, 5.41) is 4.98. The lowest BCUT2D eigenvalue weighted by atomic mass is 10.3. The summed E-state index contributed by atoms with van der Waals surface area (Å²) in [5.74, 6) is -4.58. The van der Waals surface area contributed by atoms with Crippen LogP contribution < -0.4 is 16.4 Å². The van der Waals surface area contributed by atoms with Crippen LogP contribution in [0.4, 0.5) is 28.3 Å². The van der Waals surface area contributed by atoms with E-state index >= 15 is 0 Å². The van der Waals surface area contributed by atoms with Crippen molar-refractivity contribution in [2.45, 2.75) is 24.2 Å². The van der Waals surface area contributed by atoms with E-state index in [0.717, 1.165) is 23.1 Å². The summed E-state index contributed by atoms with van der Waals surface area (Å²) < 4.78 is 50.1. The Hall–Kier alpha value is -1.16. The summed E-state index contributed by atoms with van der Waals surface area (Å²) in [7, 11) is 0. The number of carbonyl (C=O) groups excluding carboxylic acids is 1. The number of halogens is 4. The molecule has 0 aliphatic rings. The van der Waals surface area contributed by atoms with E-state index in [1.54, 1.807) is 13.2 Å². The van der Waals surface area contributed by atoms with Gasteiger partial charge in [-0.05, 0) is 13.2 Å². The average Bonchev–Trinajstić information content (AvgIpc) is 2.73. The molecular weight excluding hydrogens is 330 g/mol. The summed E-state index contributed by atoms with van der Waals surface area (Å²) in [6, 6.07) is 0. The molecule has 0 bridgehead atoms. The van der Waals surface area contributed by atoms with Gasteiger partial charge in [0.1, 0.15) is 9.88 Å². The van der Waals surface area contributed by atoms with Crippen molar-refractivity contribution in [2.75, 3.05) is 30.4 Å². The third-order valence-corrected chi connectivity index (χ3v) is 4.57. The monoisotopic (exact) mass is 345 g/mol. The van der Waals surface area contributed by atoms with Gasteiger partial charge in [-0.2, -0.15) is 8.78 Å². The number of hydrogen-bond acceptors (Lipinski definition) is 5. The van der Waals surface area contributed by atoms with Crippen LogP contribution in [0.1, 0.15) is 16.6 Å². The SMILES string of the molecule is CCNC(=O)c1sc(NCC(F)(F)C(F)F)c(SC)c1N. The zero-order valence-electron chi connectivity index (χ0n) is 11.3. The minimum atomic E-state index is -4.15. The Bertz CT molecular complexity index is 508. The molecule has 1 aromatic heterocycles. The Balaban J connectivity index is 2.97. The molecule has 4 nitrogen and oxygen atoms in total. The van der Waals surface area contributed by atoms with Gasteiger partial charge >= 0.3 is 12.3 Å². The van der Waals surface area contributed by atoms with Gasteiger partial charge in [0.2, 0.25) is 0 Å². The molecule has 1 heterocycles. The fraction of sp³-hybridized carbons (Fsp3) is 0.545. The van der Waals surface area contributed by atoms with Gasteiger partial charge in [-0.3, -0.25) is 4.79 Å². The smallest absolute Gasteiger partial charge is 0.324 e. The molecule has 0 spiro atoms. The Kier molecular flexibility index (Phi) is 6.14. The molecule has 1 aromatic rings. The molecule has 120 valence electrons. The second-order valence-electron chi connectivity index (χ2n) is 3.98. The van der Waals surface area contributed by atoms with E-state index in [1.807, 2.05) is 0 Å². The molecule has 0 fully saturated rings. The molecule has 0 radical (unpaired) electrons. The normalized spacial score (nSPS) is 11.8. The van der Waals surface area contributed by atoms with E-state index < -0.39 is 24.8 Å². The second kappa shape index (κ2) is 7.21. The largest absolute Gasteiger partial charge is 0.396 e. The van der Waals surface area contributed by atoms with Crippen molar-refractivity contribution < 1.29 is 22.4 Å². The molecule has 0 aliphatic carbocycles. The molecule has 1 amide bonds. The Morgan fingerprint density at radius 1 is 1.48 bits per heavy atom. The Morgan fingerprint density at radius 2 is 2.10 bits per heavy atom. The van der Waals surface area contributed by atoms with Gasteiger partial charge in [0.25, 0.3) is 5.91 Å². The molecule has 0 saturated carbocycles. The lowest BCUT2D eigenvalue weighted by molar-refractivity contribution is -0.117. The zero-order valence-corrected chi connectivity index (χ0v) is 12.9. The van der Waals surface area contributed by atoms with Gasteiger partial charge in [0.15, 0.2) is 0 Å². The van der Waals surface area contributed by atoms with E-state index in [0.29, 0.717) is 11.4 Å². The molecule has 0 atom stereocenters. The maximum atomic E-state index is 12.9. The Labute approximate surface area is 127 Å². The van der Waals surface area contributed by atoms with Crippen LogP contribution in [0.3, 0.4) is 0 Å². The van der Waals surface area contributed by atoms with Crippen molar-refractivity contribution in [1.82, 2.24) is 5.32 Å². The summed E-state index contributed by atoms with van der Waals surface area (Å²) in [6.45, 7) is 0.879. The number of anilines is 2. The number of amides is 1. The van der Waals surface area contributed by atoms with Crippen molar-refractivity contribution >= 4 is 39.7 Å². The van der Waals surface area contributed by atoms with E-state index in [4.69, 9.17) is 5.73 Å². The number of nitrogens with two attached hydrogens (primary N) is 1. The van der Waals surface area contributed by atoms with Crippen LogP contribution in [-0.2, 0) is 0 Å². The first-order chi connectivity index (χ1) is 9.74. The zero-order chi connectivity index (χ0) is 16.2. The standard InChI is InChI=1S/C11H15F4N3OS2/c1-3-17-8(19)6-5(16)7(20-2)9(21-6)18-4-11(14,15)10(12)13/h10,18H,3-4,16H2,1-2H3,(H,17,19). The first-order valence-corrected chi connectivity index (χ1v) is 7.93. The maximum absolute atomic E-state index is 12.9. The number of alkyl halides is 4. The van der Waals surface area contributed by atoms with Crippen molar-refractivity contribution in [3.05, 3.63) is 4.88 Å². The number of nitrogens with one attached hydrogen (secondary N) is 2. The highest BCUT2D eigenvalue weighted by Crippen LogP contribution is 2.42. The molecule has 4 N–H and O–H groups in total. The van der Waals surface area contributed by atoms with Crippen molar-refractivity contribution in [1.29, 1.82) is 0 Å².